The normalized spacial score (nSPS) is 12.5. The number of methoxy groups -OCH3 is 1. The predicted octanol–water partition coefficient (Wildman–Crippen LogP) is 4.77. The summed E-state index contributed by atoms with van der Waals surface area (Å²) in [6.45, 7) is 2.28. The second-order valence-corrected chi connectivity index (χ2v) is 7.83. The molecule has 31 heavy (non-hydrogen) atoms. The Hall–Kier alpha value is -3.22. The number of benzene rings is 3. The zero-order chi connectivity index (χ0) is 21.2. The third kappa shape index (κ3) is 4.17. The molecule has 0 radical (unpaired) electrons. The van der Waals surface area contributed by atoms with Crippen molar-refractivity contribution in [2.24, 2.45) is 0 Å². The molecule has 0 spiro atoms. The average Bonchev–Trinajstić information content (AvgIpc) is 3.38. The molecule has 1 aliphatic heterocycles. The second kappa shape index (κ2) is 8.49. The van der Waals surface area contributed by atoms with Crippen LogP contribution in [0.25, 0.3) is 11.0 Å². The van der Waals surface area contributed by atoms with Gasteiger partial charge in [-0.15, -0.1) is 0 Å². The summed E-state index contributed by atoms with van der Waals surface area (Å²) in [5.74, 6) is 3.32. The van der Waals surface area contributed by atoms with Gasteiger partial charge in [0.2, 0.25) is 6.79 Å². The first-order valence-electron chi connectivity index (χ1n) is 10.1. The van der Waals surface area contributed by atoms with E-state index in [9.17, 15) is 0 Å². The first-order valence-corrected chi connectivity index (χ1v) is 10.4. The Morgan fingerprint density at radius 3 is 2.77 bits per heavy atom. The quantitative estimate of drug-likeness (QED) is 0.453. The Morgan fingerprint density at radius 1 is 1.00 bits per heavy atom. The Morgan fingerprint density at radius 2 is 1.90 bits per heavy atom. The average molecular weight is 436 g/mol. The first kappa shape index (κ1) is 19.7. The molecule has 1 N–H and O–H groups in total. The van der Waals surface area contributed by atoms with Gasteiger partial charge >= 0.3 is 0 Å². The number of hydrogen-bond donors (Lipinski definition) is 1. The third-order valence-electron chi connectivity index (χ3n) is 5.31. The molecule has 0 saturated carbocycles. The molecule has 3 aromatic carbocycles. The molecule has 1 aromatic heterocycles. The van der Waals surface area contributed by atoms with Crippen LogP contribution in [0.5, 0.6) is 17.2 Å². The van der Waals surface area contributed by atoms with Gasteiger partial charge in [-0.3, -0.25) is 0 Å². The van der Waals surface area contributed by atoms with E-state index in [1.165, 1.54) is 0 Å². The van der Waals surface area contributed by atoms with E-state index in [4.69, 9.17) is 30.8 Å². The summed E-state index contributed by atoms with van der Waals surface area (Å²) in [5, 5.41) is 4.23. The maximum absolute atomic E-state index is 6.20. The largest absolute Gasteiger partial charge is 0.497 e. The van der Waals surface area contributed by atoms with Gasteiger partial charge < -0.3 is 24.1 Å². The predicted molar refractivity (Wildman–Crippen MR) is 120 cm³/mol. The van der Waals surface area contributed by atoms with Crippen molar-refractivity contribution in [2.75, 3.05) is 13.9 Å². The van der Waals surface area contributed by atoms with Gasteiger partial charge in [0.05, 0.1) is 24.7 Å². The second-order valence-electron chi connectivity index (χ2n) is 7.39. The fourth-order valence-corrected chi connectivity index (χ4v) is 4.00. The number of nitrogens with one attached hydrogen (secondary N) is 1. The number of hydrogen-bond acceptors (Lipinski definition) is 5. The van der Waals surface area contributed by atoms with E-state index in [-0.39, 0.29) is 6.79 Å². The van der Waals surface area contributed by atoms with Gasteiger partial charge in [0.1, 0.15) is 11.6 Å². The number of nitrogens with zero attached hydrogens (tertiary/aromatic N) is 2. The summed E-state index contributed by atoms with van der Waals surface area (Å²) in [6.07, 6.45) is 0. The first-order chi connectivity index (χ1) is 15.2. The highest BCUT2D eigenvalue weighted by Crippen LogP contribution is 2.32. The number of fused-ring (bicyclic) bond motifs is 2. The van der Waals surface area contributed by atoms with Crippen LogP contribution < -0.4 is 19.5 Å². The lowest BCUT2D eigenvalue weighted by molar-refractivity contribution is 0.174. The van der Waals surface area contributed by atoms with Gasteiger partial charge in [-0.05, 0) is 47.5 Å². The van der Waals surface area contributed by atoms with Crippen LogP contribution in [0.2, 0.25) is 5.02 Å². The van der Waals surface area contributed by atoms with Crippen molar-refractivity contribution in [1.29, 1.82) is 0 Å². The molecule has 2 heterocycles. The van der Waals surface area contributed by atoms with Crippen LogP contribution >= 0.6 is 11.6 Å². The van der Waals surface area contributed by atoms with E-state index in [0.717, 1.165) is 50.3 Å². The molecular formula is C24H22ClN3O3. The lowest BCUT2D eigenvalue weighted by Gasteiger charge is -2.11. The molecule has 5 rings (SSSR count). The van der Waals surface area contributed by atoms with Crippen molar-refractivity contribution < 1.29 is 14.2 Å². The fourth-order valence-electron chi connectivity index (χ4n) is 3.79. The van der Waals surface area contributed by atoms with E-state index in [0.29, 0.717) is 19.6 Å². The Kier molecular flexibility index (Phi) is 5.40. The summed E-state index contributed by atoms with van der Waals surface area (Å²) in [6, 6.07) is 19.9. The van der Waals surface area contributed by atoms with Crippen LogP contribution in [0, 0.1) is 0 Å². The molecule has 0 aliphatic carbocycles. The summed E-state index contributed by atoms with van der Waals surface area (Å²) < 4.78 is 18.4. The van der Waals surface area contributed by atoms with E-state index in [1.807, 2.05) is 54.6 Å². The number of halogens is 1. The molecule has 0 atom stereocenters. The molecule has 0 fully saturated rings. The molecule has 7 heteroatoms. The fraction of sp³-hybridized carbons (Fsp3) is 0.208. The highest BCUT2D eigenvalue weighted by atomic mass is 35.5. The van der Waals surface area contributed by atoms with Crippen LogP contribution in [0.4, 0.5) is 0 Å². The van der Waals surface area contributed by atoms with Crippen LogP contribution in [0.3, 0.4) is 0 Å². The van der Waals surface area contributed by atoms with Crippen molar-refractivity contribution in [1.82, 2.24) is 14.9 Å². The monoisotopic (exact) mass is 435 g/mol. The molecule has 1 aliphatic rings. The lowest BCUT2D eigenvalue weighted by Crippen LogP contribution is -2.17. The number of ether oxygens (including phenoxy) is 3. The van der Waals surface area contributed by atoms with E-state index in [1.54, 1.807) is 7.11 Å². The highest BCUT2D eigenvalue weighted by Gasteiger charge is 2.14. The molecule has 0 saturated heterocycles. The molecule has 6 nitrogen and oxygen atoms in total. The minimum Gasteiger partial charge on any atom is -0.497 e. The number of rotatable bonds is 7. The smallest absolute Gasteiger partial charge is 0.231 e. The molecule has 0 unspecified atom stereocenters. The molecular weight excluding hydrogens is 414 g/mol. The number of aromatic nitrogens is 2. The van der Waals surface area contributed by atoms with Gasteiger partial charge in [0.15, 0.2) is 11.5 Å². The van der Waals surface area contributed by atoms with Crippen molar-refractivity contribution in [3.8, 4) is 17.2 Å². The maximum Gasteiger partial charge on any atom is 0.231 e. The van der Waals surface area contributed by atoms with Crippen LogP contribution in [-0.4, -0.2) is 23.5 Å². The molecule has 0 amide bonds. The Bertz CT molecular complexity index is 1240. The van der Waals surface area contributed by atoms with E-state index < -0.39 is 0 Å². The third-order valence-corrected chi connectivity index (χ3v) is 5.55. The topological polar surface area (TPSA) is 57.5 Å². The minimum atomic E-state index is 0.281. The molecule has 0 bridgehead atoms. The van der Waals surface area contributed by atoms with Gasteiger partial charge in [-0.25, -0.2) is 4.98 Å². The summed E-state index contributed by atoms with van der Waals surface area (Å²) in [5.41, 5.74) is 4.21. The van der Waals surface area contributed by atoms with Gasteiger partial charge in [0, 0.05) is 24.2 Å². The summed E-state index contributed by atoms with van der Waals surface area (Å²) >= 11 is 6.20. The maximum atomic E-state index is 6.20. The van der Waals surface area contributed by atoms with E-state index >= 15 is 0 Å². The minimum absolute atomic E-state index is 0.281. The van der Waals surface area contributed by atoms with E-state index in [2.05, 4.69) is 16.0 Å². The lowest BCUT2D eigenvalue weighted by atomic mass is 10.2. The zero-order valence-corrected chi connectivity index (χ0v) is 17.9. The van der Waals surface area contributed by atoms with Crippen LogP contribution in [0.1, 0.15) is 17.0 Å². The molecule has 4 aromatic rings. The van der Waals surface area contributed by atoms with Gasteiger partial charge in [-0.2, -0.15) is 0 Å². The van der Waals surface area contributed by atoms with Crippen molar-refractivity contribution in [2.45, 2.75) is 19.6 Å². The van der Waals surface area contributed by atoms with Crippen LogP contribution in [-0.2, 0) is 19.6 Å². The zero-order valence-electron chi connectivity index (χ0n) is 17.1. The van der Waals surface area contributed by atoms with Crippen molar-refractivity contribution in [3.63, 3.8) is 0 Å². The summed E-state index contributed by atoms with van der Waals surface area (Å²) in [7, 11) is 1.66. The van der Waals surface area contributed by atoms with Crippen molar-refractivity contribution in [3.05, 3.63) is 82.6 Å². The standard InChI is InChI=1S/C24H22ClN3O3/c1-29-19-6-7-21-20(11-19)27-24(28(21)14-17-3-2-4-18(25)9-17)13-26-12-16-5-8-22-23(10-16)31-15-30-22/h2-11,26H,12-15H2,1H3. The van der Waals surface area contributed by atoms with Crippen LogP contribution in [0.15, 0.2) is 60.7 Å². The SMILES string of the molecule is COc1ccc2c(c1)nc(CNCc1ccc3c(c1)OCO3)n2Cc1cccc(Cl)c1. The van der Waals surface area contributed by atoms with Gasteiger partial charge in [-0.1, -0.05) is 29.8 Å². The highest BCUT2D eigenvalue weighted by molar-refractivity contribution is 6.30. The molecule has 158 valence electrons. The van der Waals surface area contributed by atoms with Gasteiger partial charge in [0.25, 0.3) is 0 Å². The van der Waals surface area contributed by atoms with Crippen molar-refractivity contribution >= 4 is 22.6 Å². The number of imidazole rings is 1. The summed E-state index contributed by atoms with van der Waals surface area (Å²) in [4.78, 5) is 4.87. The Balaban J connectivity index is 1.39. The Labute approximate surface area is 185 Å².